The van der Waals surface area contributed by atoms with Crippen molar-refractivity contribution in [1.82, 2.24) is 10.6 Å². The van der Waals surface area contributed by atoms with Crippen LogP contribution in [0.1, 0.15) is 19.8 Å². The van der Waals surface area contributed by atoms with E-state index in [2.05, 4.69) is 16.0 Å². The van der Waals surface area contributed by atoms with Crippen LogP contribution in [0, 0.1) is 0 Å². The minimum Gasteiger partial charge on any atom is -0.497 e. The molecule has 1 rings (SSSR count). The van der Waals surface area contributed by atoms with Crippen molar-refractivity contribution < 1.29 is 14.3 Å². The lowest BCUT2D eigenvalue weighted by atomic mass is 10.3. The van der Waals surface area contributed by atoms with Gasteiger partial charge in [-0.25, -0.2) is 0 Å². The minimum absolute atomic E-state index is 0.0000810. The molecule has 0 aliphatic carbocycles. The molecule has 1 aromatic carbocycles. The molecule has 0 aliphatic heterocycles. The Balaban J connectivity index is 2.17. The van der Waals surface area contributed by atoms with Crippen molar-refractivity contribution in [3.05, 3.63) is 24.3 Å². The quantitative estimate of drug-likeness (QED) is 0.597. The zero-order valence-corrected chi connectivity index (χ0v) is 12.6. The van der Waals surface area contributed by atoms with E-state index >= 15 is 0 Å². The van der Waals surface area contributed by atoms with Gasteiger partial charge in [-0.3, -0.25) is 9.59 Å². The summed E-state index contributed by atoms with van der Waals surface area (Å²) in [5, 5.41) is 8.48. The monoisotopic (exact) mass is 293 g/mol. The molecular weight excluding hydrogens is 270 g/mol. The predicted molar refractivity (Wildman–Crippen MR) is 82.4 cm³/mol. The van der Waals surface area contributed by atoms with Crippen LogP contribution in [0.2, 0.25) is 0 Å². The molecule has 0 aromatic heterocycles. The summed E-state index contributed by atoms with van der Waals surface area (Å²) in [6.45, 7) is 3.34. The van der Waals surface area contributed by atoms with E-state index < -0.39 is 0 Å². The van der Waals surface area contributed by atoms with Gasteiger partial charge in [-0.15, -0.1) is 0 Å². The average Bonchev–Trinajstić information content (AvgIpc) is 2.50. The van der Waals surface area contributed by atoms with Gasteiger partial charge < -0.3 is 20.7 Å². The molecule has 3 N–H and O–H groups in total. The highest BCUT2D eigenvalue weighted by Gasteiger charge is 2.03. The molecule has 6 nitrogen and oxygen atoms in total. The Morgan fingerprint density at radius 1 is 1.10 bits per heavy atom. The molecule has 0 aliphatic rings. The van der Waals surface area contributed by atoms with Crippen molar-refractivity contribution in [2.75, 3.05) is 32.1 Å². The second-order valence-electron chi connectivity index (χ2n) is 4.55. The largest absolute Gasteiger partial charge is 0.497 e. The highest BCUT2D eigenvalue weighted by molar-refractivity contribution is 5.92. The maximum Gasteiger partial charge on any atom is 0.238 e. The van der Waals surface area contributed by atoms with E-state index in [1.54, 1.807) is 31.4 Å². The number of hydrogen-bond acceptors (Lipinski definition) is 4. The molecule has 21 heavy (non-hydrogen) atoms. The number of anilines is 1. The number of amides is 2. The van der Waals surface area contributed by atoms with E-state index in [0.717, 1.165) is 12.2 Å². The van der Waals surface area contributed by atoms with Crippen molar-refractivity contribution >= 4 is 17.5 Å². The SMILES string of the molecule is CCCNC(=O)CCNCC(=O)Nc1ccc(OC)cc1. The zero-order chi connectivity index (χ0) is 15.5. The van der Waals surface area contributed by atoms with Crippen LogP contribution in [0.15, 0.2) is 24.3 Å². The van der Waals surface area contributed by atoms with Gasteiger partial charge in [-0.2, -0.15) is 0 Å². The molecule has 2 amide bonds. The first-order valence-corrected chi connectivity index (χ1v) is 7.07. The molecule has 0 radical (unpaired) electrons. The van der Waals surface area contributed by atoms with E-state index in [1.165, 1.54) is 0 Å². The van der Waals surface area contributed by atoms with E-state index in [9.17, 15) is 9.59 Å². The number of methoxy groups -OCH3 is 1. The van der Waals surface area contributed by atoms with Crippen molar-refractivity contribution in [3.8, 4) is 5.75 Å². The van der Waals surface area contributed by atoms with E-state index in [4.69, 9.17) is 4.74 Å². The second kappa shape index (κ2) is 9.77. The molecule has 0 fully saturated rings. The van der Waals surface area contributed by atoms with Gasteiger partial charge in [0, 0.05) is 25.2 Å². The number of ether oxygens (including phenoxy) is 1. The van der Waals surface area contributed by atoms with E-state index in [0.29, 0.717) is 25.2 Å². The fourth-order valence-corrected chi connectivity index (χ4v) is 1.64. The Bertz CT molecular complexity index is 446. The molecule has 116 valence electrons. The third-order valence-corrected chi connectivity index (χ3v) is 2.76. The molecule has 0 saturated carbocycles. The van der Waals surface area contributed by atoms with Crippen LogP contribution in [0.5, 0.6) is 5.75 Å². The Morgan fingerprint density at radius 3 is 2.43 bits per heavy atom. The molecule has 0 atom stereocenters. The molecule has 0 spiro atoms. The van der Waals surface area contributed by atoms with Gasteiger partial charge in [0.15, 0.2) is 0 Å². The van der Waals surface area contributed by atoms with Crippen LogP contribution in [0.25, 0.3) is 0 Å². The smallest absolute Gasteiger partial charge is 0.238 e. The van der Waals surface area contributed by atoms with E-state index in [-0.39, 0.29) is 18.4 Å². The van der Waals surface area contributed by atoms with Crippen LogP contribution in [-0.4, -0.2) is 38.6 Å². The highest BCUT2D eigenvalue weighted by atomic mass is 16.5. The third-order valence-electron chi connectivity index (χ3n) is 2.76. The van der Waals surface area contributed by atoms with Gasteiger partial charge in [0.25, 0.3) is 0 Å². The lowest BCUT2D eigenvalue weighted by Crippen LogP contribution is -2.32. The third kappa shape index (κ3) is 7.31. The van der Waals surface area contributed by atoms with Gasteiger partial charge in [-0.05, 0) is 30.7 Å². The lowest BCUT2D eigenvalue weighted by molar-refractivity contribution is -0.121. The standard InChI is InChI=1S/C15H23N3O3/c1-3-9-17-14(19)8-10-16-11-15(20)18-12-4-6-13(21-2)7-5-12/h4-7,16H,3,8-11H2,1-2H3,(H,17,19)(H,18,20). The first kappa shape index (κ1) is 17.0. The van der Waals surface area contributed by atoms with Crippen LogP contribution < -0.4 is 20.7 Å². The topological polar surface area (TPSA) is 79.5 Å². The molecule has 0 heterocycles. The zero-order valence-electron chi connectivity index (χ0n) is 12.6. The van der Waals surface area contributed by atoms with Crippen LogP contribution in [-0.2, 0) is 9.59 Å². The number of carbonyl (C=O) groups is 2. The maximum atomic E-state index is 11.7. The Morgan fingerprint density at radius 2 is 1.81 bits per heavy atom. The van der Waals surface area contributed by atoms with Gasteiger partial charge >= 0.3 is 0 Å². The Kier molecular flexibility index (Phi) is 7.89. The highest BCUT2D eigenvalue weighted by Crippen LogP contribution is 2.14. The van der Waals surface area contributed by atoms with Crippen LogP contribution in [0.3, 0.4) is 0 Å². The molecule has 1 aromatic rings. The summed E-state index contributed by atoms with van der Waals surface area (Å²) in [5.41, 5.74) is 0.711. The summed E-state index contributed by atoms with van der Waals surface area (Å²) in [7, 11) is 1.59. The first-order chi connectivity index (χ1) is 10.2. The van der Waals surface area contributed by atoms with Crippen LogP contribution >= 0.6 is 0 Å². The number of rotatable bonds is 9. The Labute approximate surface area is 125 Å². The molecule has 0 unspecified atom stereocenters. The van der Waals surface area contributed by atoms with Gasteiger partial charge in [-0.1, -0.05) is 6.92 Å². The molecule has 6 heteroatoms. The Hall–Kier alpha value is -2.08. The second-order valence-corrected chi connectivity index (χ2v) is 4.55. The average molecular weight is 293 g/mol. The maximum absolute atomic E-state index is 11.7. The number of hydrogen-bond donors (Lipinski definition) is 3. The molecular formula is C15H23N3O3. The normalized spacial score (nSPS) is 10.0. The summed E-state index contributed by atoms with van der Waals surface area (Å²) < 4.78 is 5.04. The van der Waals surface area contributed by atoms with Crippen LogP contribution in [0.4, 0.5) is 5.69 Å². The summed E-state index contributed by atoms with van der Waals surface area (Å²) in [6.07, 6.45) is 1.29. The number of nitrogens with one attached hydrogen (secondary N) is 3. The minimum atomic E-state index is -0.144. The fraction of sp³-hybridized carbons (Fsp3) is 0.467. The van der Waals surface area contributed by atoms with E-state index in [1.807, 2.05) is 6.92 Å². The number of carbonyl (C=O) groups excluding carboxylic acids is 2. The number of benzene rings is 1. The summed E-state index contributed by atoms with van der Waals surface area (Å²) in [6, 6.07) is 7.10. The summed E-state index contributed by atoms with van der Waals surface area (Å²) in [5.74, 6) is 0.596. The van der Waals surface area contributed by atoms with Crippen molar-refractivity contribution in [1.29, 1.82) is 0 Å². The van der Waals surface area contributed by atoms with Crippen molar-refractivity contribution in [2.45, 2.75) is 19.8 Å². The first-order valence-electron chi connectivity index (χ1n) is 7.07. The summed E-state index contributed by atoms with van der Waals surface area (Å²) >= 11 is 0. The molecule has 0 saturated heterocycles. The van der Waals surface area contributed by atoms with Crippen molar-refractivity contribution in [3.63, 3.8) is 0 Å². The lowest BCUT2D eigenvalue weighted by Gasteiger charge is -2.07. The van der Waals surface area contributed by atoms with Crippen molar-refractivity contribution in [2.24, 2.45) is 0 Å². The van der Waals surface area contributed by atoms with Gasteiger partial charge in [0.2, 0.25) is 11.8 Å². The molecule has 0 bridgehead atoms. The fourth-order valence-electron chi connectivity index (χ4n) is 1.64. The summed E-state index contributed by atoms with van der Waals surface area (Å²) in [4.78, 5) is 23.0. The van der Waals surface area contributed by atoms with Gasteiger partial charge in [0.05, 0.1) is 13.7 Å². The van der Waals surface area contributed by atoms with Gasteiger partial charge in [0.1, 0.15) is 5.75 Å². The predicted octanol–water partition coefficient (Wildman–Crippen LogP) is 1.14.